The van der Waals surface area contributed by atoms with Crippen LogP contribution in [0.5, 0.6) is 0 Å². The van der Waals surface area contributed by atoms with E-state index in [4.69, 9.17) is 5.73 Å². The van der Waals surface area contributed by atoms with Gasteiger partial charge in [-0.2, -0.15) is 0 Å². The third-order valence-electron chi connectivity index (χ3n) is 3.99. The van der Waals surface area contributed by atoms with Gasteiger partial charge in [-0.3, -0.25) is 4.90 Å². The van der Waals surface area contributed by atoms with Crippen LogP contribution < -0.4 is 5.73 Å². The molecule has 0 spiro atoms. The molecule has 2 rings (SSSR count). The molecule has 0 aromatic heterocycles. The molecule has 0 radical (unpaired) electrons. The van der Waals surface area contributed by atoms with E-state index in [1.807, 2.05) is 6.07 Å². The Morgan fingerprint density at radius 1 is 1.29 bits per heavy atom. The molecule has 1 aromatic carbocycles. The maximum Gasteiger partial charge on any atom is 0.124 e. The van der Waals surface area contributed by atoms with Crippen LogP contribution in [0, 0.1) is 17.7 Å². The van der Waals surface area contributed by atoms with Crippen LogP contribution in [0.25, 0.3) is 0 Å². The van der Waals surface area contributed by atoms with Crippen molar-refractivity contribution >= 4 is 0 Å². The molecule has 0 atom stereocenters. The lowest BCUT2D eigenvalue weighted by molar-refractivity contribution is 0.140. The standard InChI is InChI=1S/C17H24FN3/c1-20(2)17-5-8-21(9-6-17)13-15-10-14(4-3-7-19)11-16(18)12-15/h10-12,17H,5-9,13,19H2,1-2H3. The quantitative estimate of drug-likeness (QED) is 0.859. The average molecular weight is 289 g/mol. The highest BCUT2D eigenvalue weighted by Crippen LogP contribution is 2.17. The smallest absolute Gasteiger partial charge is 0.124 e. The third-order valence-corrected chi connectivity index (χ3v) is 3.99. The fraction of sp³-hybridized carbons (Fsp3) is 0.529. The fourth-order valence-corrected chi connectivity index (χ4v) is 2.82. The summed E-state index contributed by atoms with van der Waals surface area (Å²) < 4.78 is 13.7. The number of nitrogens with two attached hydrogens (primary N) is 1. The number of benzene rings is 1. The van der Waals surface area contributed by atoms with Crippen LogP contribution in [-0.4, -0.2) is 49.6 Å². The molecule has 2 N–H and O–H groups in total. The third kappa shape index (κ3) is 4.82. The first-order valence-corrected chi connectivity index (χ1v) is 7.45. The Bertz CT molecular complexity index is 523. The van der Waals surface area contributed by atoms with Crippen molar-refractivity contribution in [3.8, 4) is 11.8 Å². The van der Waals surface area contributed by atoms with E-state index in [9.17, 15) is 4.39 Å². The average Bonchev–Trinajstić information content (AvgIpc) is 2.45. The first-order valence-electron chi connectivity index (χ1n) is 7.45. The lowest BCUT2D eigenvalue weighted by Gasteiger charge is -2.35. The van der Waals surface area contributed by atoms with Gasteiger partial charge in [0, 0.05) is 18.2 Å². The van der Waals surface area contributed by atoms with Gasteiger partial charge in [0.25, 0.3) is 0 Å². The van der Waals surface area contributed by atoms with Crippen LogP contribution in [0.15, 0.2) is 18.2 Å². The van der Waals surface area contributed by atoms with Gasteiger partial charge in [-0.1, -0.05) is 11.8 Å². The SMILES string of the molecule is CN(C)C1CCN(Cc2cc(F)cc(C#CCN)c2)CC1. The van der Waals surface area contributed by atoms with E-state index in [-0.39, 0.29) is 5.82 Å². The number of hydrogen-bond donors (Lipinski definition) is 1. The number of halogens is 1. The van der Waals surface area contributed by atoms with Crippen LogP contribution in [0.3, 0.4) is 0 Å². The van der Waals surface area contributed by atoms with Gasteiger partial charge >= 0.3 is 0 Å². The van der Waals surface area contributed by atoms with E-state index < -0.39 is 0 Å². The zero-order valence-electron chi connectivity index (χ0n) is 12.9. The Kier molecular flexibility index (Phi) is 5.75. The Hall–Kier alpha value is -1.41. The summed E-state index contributed by atoms with van der Waals surface area (Å²) in [7, 11) is 4.27. The van der Waals surface area contributed by atoms with Gasteiger partial charge in [0.1, 0.15) is 5.82 Å². The second-order valence-corrected chi connectivity index (χ2v) is 5.82. The van der Waals surface area contributed by atoms with Crippen molar-refractivity contribution < 1.29 is 4.39 Å². The first-order chi connectivity index (χ1) is 10.1. The number of nitrogens with zero attached hydrogens (tertiary/aromatic N) is 2. The molecule has 1 aliphatic heterocycles. The van der Waals surface area contributed by atoms with E-state index in [0.29, 0.717) is 18.2 Å². The maximum absolute atomic E-state index is 13.7. The van der Waals surface area contributed by atoms with E-state index >= 15 is 0 Å². The molecular weight excluding hydrogens is 265 g/mol. The second kappa shape index (κ2) is 7.56. The summed E-state index contributed by atoms with van der Waals surface area (Å²) in [5.41, 5.74) is 7.05. The minimum atomic E-state index is -0.225. The molecule has 0 saturated carbocycles. The first kappa shape index (κ1) is 16.0. The maximum atomic E-state index is 13.7. The molecule has 1 fully saturated rings. The van der Waals surface area contributed by atoms with Crippen LogP contribution in [-0.2, 0) is 6.54 Å². The summed E-state index contributed by atoms with van der Waals surface area (Å²) in [6.07, 6.45) is 2.34. The zero-order valence-corrected chi connectivity index (χ0v) is 12.9. The van der Waals surface area contributed by atoms with Gasteiger partial charge in [-0.25, -0.2) is 4.39 Å². The van der Waals surface area contributed by atoms with Crippen molar-refractivity contribution in [1.29, 1.82) is 0 Å². The minimum absolute atomic E-state index is 0.225. The summed E-state index contributed by atoms with van der Waals surface area (Å²) in [6.45, 7) is 3.20. The summed E-state index contributed by atoms with van der Waals surface area (Å²) in [5, 5.41) is 0. The van der Waals surface area contributed by atoms with Gasteiger partial charge < -0.3 is 10.6 Å². The predicted octanol–water partition coefficient (Wildman–Crippen LogP) is 1.66. The van der Waals surface area contributed by atoms with Crippen molar-refractivity contribution in [1.82, 2.24) is 9.80 Å². The Morgan fingerprint density at radius 2 is 2.00 bits per heavy atom. The van der Waals surface area contributed by atoms with Gasteiger partial charge in [0.15, 0.2) is 0 Å². The number of likely N-dealkylation sites (tertiary alicyclic amines) is 1. The van der Waals surface area contributed by atoms with E-state index in [1.54, 1.807) is 6.07 Å². The molecule has 0 unspecified atom stereocenters. The van der Waals surface area contributed by atoms with Crippen molar-refractivity contribution in [2.45, 2.75) is 25.4 Å². The molecule has 1 aromatic rings. The lowest BCUT2D eigenvalue weighted by Crippen LogP contribution is -2.41. The predicted molar refractivity (Wildman–Crippen MR) is 84.3 cm³/mol. The Labute approximate surface area is 126 Å². The lowest BCUT2D eigenvalue weighted by atomic mass is 10.0. The van der Waals surface area contributed by atoms with Crippen LogP contribution in [0.2, 0.25) is 0 Å². The largest absolute Gasteiger partial charge is 0.320 e. The zero-order chi connectivity index (χ0) is 15.2. The number of piperidine rings is 1. The molecular formula is C17H24FN3. The van der Waals surface area contributed by atoms with Gasteiger partial charge in [-0.05, 0) is 63.8 Å². The Morgan fingerprint density at radius 3 is 2.62 bits per heavy atom. The molecule has 3 nitrogen and oxygen atoms in total. The van der Waals surface area contributed by atoms with Crippen molar-refractivity contribution in [2.75, 3.05) is 33.7 Å². The molecule has 1 heterocycles. The van der Waals surface area contributed by atoms with E-state index in [1.165, 1.54) is 18.9 Å². The minimum Gasteiger partial charge on any atom is -0.320 e. The van der Waals surface area contributed by atoms with Crippen LogP contribution >= 0.6 is 0 Å². The highest BCUT2D eigenvalue weighted by Gasteiger charge is 2.20. The molecule has 0 aliphatic carbocycles. The van der Waals surface area contributed by atoms with Gasteiger partial charge in [0.05, 0.1) is 6.54 Å². The highest BCUT2D eigenvalue weighted by atomic mass is 19.1. The highest BCUT2D eigenvalue weighted by molar-refractivity contribution is 5.38. The van der Waals surface area contributed by atoms with Crippen molar-refractivity contribution in [2.24, 2.45) is 5.73 Å². The molecule has 0 bridgehead atoms. The summed E-state index contributed by atoms with van der Waals surface area (Å²) in [5.74, 6) is 5.45. The Balaban J connectivity index is 1.99. The fourth-order valence-electron chi connectivity index (χ4n) is 2.82. The monoisotopic (exact) mass is 289 g/mol. The summed E-state index contributed by atoms with van der Waals surface area (Å²) in [6, 6.07) is 5.69. The van der Waals surface area contributed by atoms with Gasteiger partial charge in [0.2, 0.25) is 0 Å². The molecule has 21 heavy (non-hydrogen) atoms. The summed E-state index contributed by atoms with van der Waals surface area (Å²) in [4.78, 5) is 4.68. The van der Waals surface area contributed by atoms with E-state index in [0.717, 1.165) is 25.2 Å². The van der Waals surface area contributed by atoms with E-state index in [2.05, 4.69) is 35.7 Å². The number of hydrogen-bond acceptors (Lipinski definition) is 3. The number of rotatable bonds is 3. The molecule has 1 aliphatic rings. The molecule has 4 heteroatoms. The van der Waals surface area contributed by atoms with Gasteiger partial charge in [-0.15, -0.1) is 0 Å². The molecule has 114 valence electrons. The topological polar surface area (TPSA) is 32.5 Å². The molecule has 0 amide bonds. The van der Waals surface area contributed by atoms with Crippen molar-refractivity contribution in [3.63, 3.8) is 0 Å². The normalized spacial score (nSPS) is 16.8. The second-order valence-electron chi connectivity index (χ2n) is 5.82. The molecule has 1 saturated heterocycles. The van der Waals surface area contributed by atoms with Crippen LogP contribution in [0.1, 0.15) is 24.0 Å². The van der Waals surface area contributed by atoms with Crippen LogP contribution in [0.4, 0.5) is 4.39 Å². The van der Waals surface area contributed by atoms with Crippen molar-refractivity contribution in [3.05, 3.63) is 35.1 Å². The summed E-state index contributed by atoms with van der Waals surface area (Å²) >= 11 is 0.